The second-order valence-corrected chi connectivity index (χ2v) is 4.06. The average Bonchev–Trinajstić information content (AvgIpc) is 2.16. The van der Waals surface area contributed by atoms with Crippen LogP contribution in [-0.2, 0) is 14.3 Å². The number of ketones is 1. The summed E-state index contributed by atoms with van der Waals surface area (Å²) >= 11 is 0. The minimum atomic E-state index is -1.43. The van der Waals surface area contributed by atoms with Crippen molar-refractivity contribution in [3.8, 4) is 0 Å². The molecule has 3 atom stereocenters. The van der Waals surface area contributed by atoms with Crippen LogP contribution in [-0.4, -0.2) is 52.0 Å². The third-order valence-corrected chi connectivity index (χ3v) is 2.14. The number of hydrogen-bond acceptors (Lipinski definition) is 6. The predicted octanol–water partition coefficient (Wildman–Crippen LogP) is -0.595. The molecule has 0 saturated carbocycles. The second-order valence-electron chi connectivity index (χ2n) is 4.06. The van der Waals surface area contributed by atoms with Crippen molar-refractivity contribution in [2.75, 3.05) is 6.79 Å². The molecule has 0 saturated heterocycles. The molecule has 0 spiro atoms. The Morgan fingerprint density at radius 3 is 2.19 bits per heavy atom. The fourth-order valence-corrected chi connectivity index (χ4v) is 1.11. The highest BCUT2D eigenvalue weighted by molar-refractivity contribution is 5.90. The minimum Gasteiger partial charge on any atom is -0.388 e. The number of aliphatic hydroxyl groups excluding tert-OH is 3. The predicted molar refractivity (Wildman–Crippen MR) is 55.5 cm³/mol. The molecule has 0 aromatic carbocycles. The van der Waals surface area contributed by atoms with Gasteiger partial charge in [0.15, 0.2) is 12.1 Å². The van der Waals surface area contributed by atoms with E-state index in [1.165, 1.54) is 27.7 Å². The smallest absolute Gasteiger partial charge is 0.192 e. The van der Waals surface area contributed by atoms with Crippen LogP contribution in [0.1, 0.15) is 27.7 Å². The second kappa shape index (κ2) is 6.27. The van der Waals surface area contributed by atoms with E-state index in [2.05, 4.69) is 0 Å². The Balaban J connectivity index is 4.38. The molecule has 0 radical (unpaired) electrons. The first-order valence-corrected chi connectivity index (χ1v) is 5.03. The van der Waals surface area contributed by atoms with Gasteiger partial charge in [-0.25, -0.2) is 0 Å². The van der Waals surface area contributed by atoms with Crippen LogP contribution in [0.2, 0.25) is 0 Å². The molecular weight excluding hydrogens is 216 g/mol. The van der Waals surface area contributed by atoms with Crippen molar-refractivity contribution in [3.05, 3.63) is 0 Å². The normalized spacial score (nSPS) is 17.9. The molecule has 96 valence electrons. The summed E-state index contributed by atoms with van der Waals surface area (Å²) in [4.78, 5) is 11.8. The topological polar surface area (TPSA) is 96.2 Å². The Morgan fingerprint density at radius 2 is 1.81 bits per heavy atom. The Hall–Kier alpha value is -0.530. The van der Waals surface area contributed by atoms with E-state index in [1.54, 1.807) is 0 Å². The molecule has 0 aliphatic carbocycles. The Kier molecular flexibility index (Phi) is 6.06. The third-order valence-electron chi connectivity index (χ3n) is 2.14. The van der Waals surface area contributed by atoms with Gasteiger partial charge in [-0.05, 0) is 27.7 Å². The van der Waals surface area contributed by atoms with Gasteiger partial charge in [-0.1, -0.05) is 0 Å². The van der Waals surface area contributed by atoms with Crippen molar-refractivity contribution >= 4 is 5.78 Å². The SMILES string of the molecule is CC(OC(O)C(C)O)C(=O)C(C)(C)OCO. The summed E-state index contributed by atoms with van der Waals surface area (Å²) in [6.45, 7) is 5.18. The summed E-state index contributed by atoms with van der Waals surface area (Å²) in [7, 11) is 0. The van der Waals surface area contributed by atoms with Gasteiger partial charge in [-0.15, -0.1) is 0 Å². The van der Waals surface area contributed by atoms with Gasteiger partial charge >= 0.3 is 0 Å². The summed E-state index contributed by atoms with van der Waals surface area (Å²) in [5.74, 6) is -0.429. The zero-order chi connectivity index (χ0) is 12.9. The Morgan fingerprint density at radius 1 is 1.31 bits per heavy atom. The fourth-order valence-electron chi connectivity index (χ4n) is 1.11. The van der Waals surface area contributed by atoms with Gasteiger partial charge in [0.25, 0.3) is 0 Å². The lowest BCUT2D eigenvalue weighted by Crippen LogP contribution is -2.45. The van der Waals surface area contributed by atoms with Crippen LogP contribution in [0.15, 0.2) is 0 Å². The average molecular weight is 236 g/mol. The molecule has 3 N–H and O–H groups in total. The van der Waals surface area contributed by atoms with Gasteiger partial charge in [0.05, 0.1) is 0 Å². The molecule has 0 aromatic rings. The molecule has 6 nitrogen and oxygen atoms in total. The summed E-state index contributed by atoms with van der Waals surface area (Å²) in [6.07, 6.45) is -3.45. The van der Waals surface area contributed by atoms with Gasteiger partial charge < -0.3 is 24.8 Å². The number of hydrogen-bond donors (Lipinski definition) is 3. The van der Waals surface area contributed by atoms with Crippen LogP contribution < -0.4 is 0 Å². The third kappa shape index (κ3) is 4.54. The van der Waals surface area contributed by atoms with E-state index >= 15 is 0 Å². The molecule has 0 aliphatic rings. The molecule has 0 fully saturated rings. The van der Waals surface area contributed by atoms with Gasteiger partial charge in [0.1, 0.15) is 24.6 Å². The van der Waals surface area contributed by atoms with E-state index in [1.807, 2.05) is 0 Å². The van der Waals surface area contributed by atoms with E-state index in [4.69, 9.17) is 19.7 Å². The van der Waals surface area contributed by atoms with E-state index in [-0.39, 0.29) is 0 Å². The lowest BCUT2D eigenvalue weighted by Gasteiger charge is -2.27. The number of Topliss-reactive ketones (excluding diaryl/α,β-unsaturated/α-hetero) is 1. The molecular formula is C10H20O6. The lowest BCUT2D eigenvalue weighted by molar-refractivity contribution is -0.197. The number of carbonyl (C=O) groups excluding carboxylic acids is 1. The summed E-state index contributed by atoms with van der Waals surface area (Å²) in [6, 6.07) is 0. The molecule has 0 heterocycles. The monoisotopic (exact) mass is 236 g/mol. The Labute approximate surface area is 94.8 Å². The summed E-state index contributed by atoms with van der Waals surface area (Å²) in [5, 5.41) is 26.8. The first kappa shape index (κ1) is 15.5. The van der Waals surface area contributed by atoms with Crippen molar-refractivity contribution in [3.63, 3.8) is 0 Å². The maximum Gasteiger partial charge on any atom is 0.192 e. The van der Waals surface area contributed by atoms with Crippen LogP contribution in [0.3, 0.4) is 0 Å². The largest absolute Gasteiger partial charge is 0.388 e. The van der Waals surface area contributed by atoms with Crippen molar-refractivity contribution in [1.82, 2.24) is 0 Å². The van der Waals surface area contributed by atoms with Gasteiger partial charge in [-0.2, -0.15) is 0 Å². The molecule has 6 heteroatoms. The zero-order valence-corrected chi connectivity index (χ0v) is 10.0. The van der Waals surface area contributed by atoms with Crippen LogP contribution in [0.5, 0.6) is 0 Å². The highest BCUT2D eigenvalue weighted by atomic mass is 16.6. The van der Waals surface area contributed by atoms with Gasteiger partial charge in [0.2, 0.25) is 0 Å². The van der Waals surface area contributed by atoms with Gasteiger partial charge in [0, 0.05) is 0 Å². The summed E-state index contributed by atoms with van der Waals surface area (Å²) in [5.41, 5.74) is -1.20. The quantitative estimate of drug-likeness (QED) is 0.511. The van der Waals surface area contributed by atoms with Crippen molar-refractivity contribution in [2.45, 2.75) is 51.8 Å². The van der Waals surface area contributed by atoms with Crippen LogP contribution >= 0.6 is 0 Å². The molecule has 0 amide bonds. The van der Waals surface area contributed by atoms with E-state index in [9.17, 15) is 9.90 Å². The maximum absolute atomic E-state index is 11.8. The zero-order valence-electron chi connectivity index (χ0n) is 10.0. The van der Waals surface area contributed by atoms with Crippen molar-refractivity contribution < 1.29 is 29.6 Å². The summed E-state index contributed by atoms with van der Waals surface area (Å²) < 4.78 is 9.74. The van der Waals surface area contributed by atoms with E-state index in [0.717, 1.165) is 0 Å². The maximum atomic E-state index is 11.8. The van der Waals surface area contributed by atoms with Crippen LogP contribution in [0.4, 0.5) is 0 Å². The molecule has 0 aromatic heterocycles. The highest BCUT2D eigenvalue weighted by Crippen LogP contribution is 2.15. The van der Waals surface area contributed by atoms with Crippen LogP contribution in [0.25, 0.3) is 0 Å². The van der Waals surface area contributed by atoms with E-state index < -0.39 is 36.7 Å². The molecule has 16 heavy (non-hydrogen) atoms. The number of rotatable bonds is 7. The molecule has 3 unspecified atom stereocenters. The van der Waals surface area contributed by atoms with E-state index in [0.29, 0.717) is 0 Å². The number of aliphatic hydroxyl groups is 3. The van der Waals surface area contributed by atoms with Gasteiger partial charge in [-0.3, -0.25) is 4.79 Å². The molecule has 0 bridgehead atoms. The first-order chi connectivity index (χ1) is 7.22. The fraction of sp³-hybridized carbons (Fsp3) is 0.900. The molecule has 0 aliphatic heterocycles. The number of ether oxygens (including phenoxy) is 2. The Bertz CT molecular complexity index is 225. The highest BCUT2D eigenvalue weighted by Gasteiger charge is 2.34. The number of carbonyl (C=O) groups is 1. The lowest BCUT2D eigenvalue weighted by atomic mass is 9.99. The van der Waals surface area contributed by atoms with Crippen molar-refractivity contribution in [1.29, 1.82) is 0 Å². The standard InChI is InChI=1S/C10H20O6/c1-6(12)9(14)16-7(2)8(13)10(3,4)15-5-11/h6-7,9,11-12,14H,5H2,1-4H3. The molecule has 0 rings (SSSR count). The minimum absolute atomic E-state index is 0.429. The first-order valence-electron chi connectivity index (χ1n) is 5.03. The van der Waals surface area contributed by atoms with Crippen molar-refractivity contribution in [2.24, 2.45) is 0 Å². The van der Waals surface area contributed by atoms with Crippen LogP contribution in [0, 0.1) is 0 Å².